The van der Waals surface area contributed by atoms with Crippen LogP contribution in [0.4, 0.5) is 5.69 Å². The summed E-state index contributed by atoms with van der Waals surface area (Å²) in [7, 11) is -3.82. The zero-order chi connectivity index (χ0) is 17.9. The van der Waals surface area contributed by atoms with Crippen molar-refractivity contribution in [2.45, 2.75) is 4.90 Å². The highest BCUT2D eigenvalue weighted by molar-refractivity contribution is 7.89. The second-order valence-corrected chi connectivity index (χ2v) is 7.41. The molecule has 0 aliphatic rings. The molecule has 0 aliphatic heterocycles. The molecule has 0 radical (unpaired) electrons. The largest absolute Gasteiger partial charge is 0.323 e. The Morgan fingerprint density at radius 2 is 1.84 bits per heavy atom. The molecule has 3 aromatic rings. The summed E-state index contributed by atoms with van der Waals surface area (Å²) in [5, 5.41) is 3.84. The number of hydrogen-bond acceptors (Lipinski definition) is 4. The van der Waals surface area contributed by atoms with E-state index in [0.717, 1.165) is 5.39 Å². The Balaban J connectivity index is 1.70. The molecular weight excluding hydrogens is 362 g/mol. The van der Waals surface area contributed by atoms with Crippen LogP contribution in [0.3, 0.4) is 0 Å². The van der Waals surface area contributed by atoms with E-state index in [1.165, 1.54) is 18.2 Å². The van der Waals surface area contributed by atoms with Gasteiger partial charge in [-0.3, -0.25) is 9.78 Å². The van der Waals surface area contributed by atoms with Crippen LogP contribution in [0.5, 0.6) is 0 Å². The molecule has 0 saturated carbocycles. The van der Waals surface area contributed by atoms with Gasteiger partial charge in [0.15, 0.2) is 0 Å². The molecule has 0 atom stereocenters. The van der Waals surface area contributed by atoms with Crippen molar-refractivity contribution in [1.29, 1.82) is 0 Å². The maximum Gasteiger partial charge on any atom is 0.241 e. The molecule has 0 saturated heterocycles. The van der Waals surface area contributed by atoms with Crippen LogP contribution >= 0.6 is 11.6 Å². The van der Waals surface area contributed by atoms with E-state index < -0.39 is 22.5 Å². The van der Waals surface area contributed by atoms with Gasteiger partial charge in [-0.25, -0.2) is 13.1 Å². The number of carbonyl (C=O) groups is 1. The first kappa shape index (κ1) is 17.3. The second kappa shape index (κ2) is 7.18. The minimum absolute atomic E-state index is 0.000345. The van der Waals surface area contributed by atoms with Gasteiger partial charge in [0.25, 0.3) is 0 Å². The van der Waals surface area contributed by atoms with E-state index in [1.54, 1.807) is 30.5 Å². The Morgan fingerprint density at radius 3 is 2.64 bits per heavy atom. The van der Waals surface area contributed by atoms with Gasteiger partial charge >= 0.3 is 0 Å². The number of nitrogens with one attached hydrogen (secondary N) is 2. The molecule has 1 aromatic heterocycles. The summed E-state index contributed by atoms with van der Waals surface area (Å²) in [6.45, 7) is -0.405. The number of para-hydroxylation sites is 1. The number of nitrogens with zero attached hydrogens (tertiary/aromatic N) is 1. The lowest BCUT2D eigenvalue weighted by Gasteiger charge is -2.09. The second-order valence-electron chi connectivity index (χ2n) is 5.21. The smallest absolute Gasteiger partial charge is 0.241 e. The van der Waals surface area contributed by atoms with E-state index in [2.05, 4.69) is 15.0 Å². The van der Waals surface area contributed by atoms with Gasteiger partial charge in [0.1, 0.15) is 0 Å². The van der Waals surface area contributed by atoms with E-state index in [1.807, 2.05) is 12.1 Å². The molecule has 0 spiro atoms. The maximum absolute atomic E-state index is 12.2. The van der Waals surface area contributed by atoms with Crippen molar-refractivity contribution in [3.63, 3.8) is 0 Å². The summed E-state index contributed by atoms with van der Waals surface area (Å²) in [4.78, 5) is 16.3. The van der Waals surface area contributed by atoms with Crippen molar-refractivity contribution in [3.05, 3.63) is 65.8 Å². The van der Waals surface area contributed by atoms with Crippen molar-refractivity contribution in [3.8, 4) is 0 Å². The number of rotatable bonds is 5. The zero-order valence-electron chi connectivity index (χ0n) is 12.9. The number of fused-ring (bicyclic) bond motifs is 1. The third-order valence-electron chi connectivity index (χ3n) is 3.44. The number of aromatic nitrogens is 1. The van der Waals surface area contributed by atoms with Crippen LogP contribution < -0.4 is 10.0 Å². The minimum atomic E-state index is -3.82. The first-order valence-electron chi connectivity index (χ1n) is 7.34. The molecule has 25 heavy (non-hydrogen) atoms. The Labute approximate surface area is 149 Å². The van der Waals surface area contributed by atoms with Gasteiger partial charge < -0.3 is 5.32 Å². The van der Waals surface area contributed by atoms with Crippen molar-refractivity contribution < 1.29 is 13.2 Å². The van der Waals surface area contributed by atoms with Crippen molar-refractivity contribution in [2.75, 3.05) is 11.9 Å². The molecule has 0 aliphatic carbocycles. The number of carbonyl (C=O) groups excluding carboxylic acids is 1. The Kier molecular flexibility index (Phi) is 4.98. The van der Waals surface area contributed by atoms with Crippen LogP contribution in [0.15, 0.2) is 65.7 Å². The fourth-order valence-corrected chi connectivity index (χ4v) is 3.56. The molecule has 0 unspecified atom stereocenters. The van der Waals surface area contributed by atoms with Gasteiger partial charge in [0, 0.05) is 16.6 Å². The van der Waals surface area contributed by atoms with Crippen LogP contribution in [0.25, 0.3) is 10.9 Å². The Hall–Kier alpha value is -2.48. The SMILES string of the molecule is O=C(CNS(=O)(=O)c1cccc(Cl)c1)Nc1cccc2cccnc12. The molecule has 1 heterocycles. The fourth-order valence-electron chi connectivity index (χ4n) is 2.28. The van der Waals surface area contributed by atoms with Crippen LogP contribution in [0.2, 0.25) is 5.02 Å². The first-order valence-corrected chi connectivity index (χ1v) is 9.21. The van der Waals surface area contributed by atoms with Crippen molar-refractivity contribution in [2.24, 2.45) is 0 Å². The number of hydrogen-bond donors (Lipinski definition) is 2. The minimum Gasteiger partial charge on any atom is -0.323 e. The third kappa shape index (κ3) is 4.14. The molecule has 2 N–H and O–H groups in total. The van der Waals surface area contributed by atoms with Crippen LogP contribution in [0.1, 0.15) is 0 Å². The van der Waals surface area contributed by atoms with Crippen molar-refractivity contribution in [1.82, 2.24) is 9.71 Å². The average Bonchev–Trinajstić information content (AvgIpc) is 2.60. The van der Waals surface area contributed by atoms with E-state index in [-0.39, 0.29) is 4.90 Å². The highest BCUT2D eigenvalue weighted by Gasteiger charge is 2.16. The van der Waals surface area contributed by atoms with Crippen molar-refractivity contribution >= 4 is 44.1 Å². The number of sulfonamides is 1. The topological polar surface area (TPSA) is 88.2 Å². The summed E-state index contributed by atoms with van der Waals surface area (Å²) in [5.74, 6) is -0.497. The summed E-state index contributed by atoms with van der Waals surface area (Å²) >= 11 is 5.80. The predicted octanol–water partition coefficient (Wildman–Crippen LogP) is 2.81. The normalized spacial score (nSPS) is 11.4. The molecule has 128 valence electrons. The lowest BCUT2D eigenvalue weighted by Crippen LogP contribution is -2.33. The number of halogens is 1. The number of benzene rings is 2. The monoisotopic (exact) mass is 375 g/mol. The molecule has 3 rings (SSSR count). The Morgan fingerprint density at radius 1 is 1.08 bits per heavy atom. The highest BCUT2D eigenvalue weighted by atomic mass is 35.5. The summed E-state index contributed by atoms with van der Waals surface area (Å²) in [5.41, 5.74) is 1.15. The van der Waals surface area contributed by atoms with Gasteiger partial charge in [-0.15, -0.1) is 0 Å². The predicted molar refractivity (Wildman–Crippen MR) is 97.0 cm³/mol. The van der Waals surface area contributed by atoms with Gasteiger partial charge in [-0.1, -0.05) is 35.9 Å². The van der Waals surface area contributed by atoms with E-state index in [9.17, 15) is 13.2 Å². The number of amides is 1. The highest BCUT2D eigenvalue weighted by Crippen LogP contribution is 2.20. The third-order valence-corrected chi connectivity index (χ3v) is 5.07. The van der Waals surface area contributed by atoms with E-state index in [0.29, 0.717) is 16.2 Å². The van der Waals surface area contributed by atoms with Gasteiger partial charge in [0.2, 0.25) is 15.9 Å². The lowest BCUT2D eigenvalue weighted by atomic mass is 10.2. The maximum atomic E-state index is 12.2. The molecule has 0 bridgehead atoms. The van der Waals surface area contributed by atoms with E-state index >= 15 is 0 Å². The van der Waals surface area contributed by atoms with Gasteiger partial charge in [-0.05, 0) is 30.3 Å². The molecule has 2 aromatic carbocycles. The van der Waals surface area contributed by atoms with Gasteiger partial charge in [-0.2, -0.15) is 0 Å². The number of anilines is 1. The first-order chi connectivity index (χ1) is 12.0. The van der Waals surface area contributed by atoms with E-state index in [4.69, 9.17) is 11.6 Å². The van der Waals surface area contributed by atoms with Crippen LogP contribution in [0, 0.1) is 0 Å². The summed E-state index contributed by atoms with van der Waals surface area (Å²) in [6, 6.07) is 14.9. The summed E-state index contributed by atoms with van der Waals surface area (Å²) in [6.07, 6.45) is 1.62. The number of pyridine rings is 1. The summed E-state index contributed by atoms with van der Waals surface area (Å²) < 4.78 is 26.6. The zero-order valence-corrected chi connectivity index (χ0v) is 14.5. The quantitative estimate of drug-likeness (QED) is 0.717. The van der Waals surface area contributed by atoms with Gasteiger partial charge in [0.05, 0.1) is 22.6 Å². The molecule has 6 nitrogen and oxygen atoms in total. The molecule has 8 heteroatoms. The standard InChI is InChI=1S/C17H14ClN3O3S/c18-13-6-2-7-14(10-13)25(23,24)20-11-16(22)21-15-8-1-4-12-5-3-9-19-17(12)15/h1-10,20H,11H2,(H,21,22). The lowest BCUT2D eigenvalue weighted by molar-refractivity contribution is -0.115. The fraction of sp³-hybridized carbons (Fsp3) is 0.0588. The average molecular weight is 376 g/mol. The molecule has 1 amide bonds. The van der Waals surface area contributed by atoms with Crippen LogP contribution in [-0.4, -0.2) is 25.9 Å². The Bertz CT molecular complexity index is 1030. The molecular formula is C17H14ClN3O3S. The molecule has 0 fully saturated rings. The van der Waals surface area contributed by atoms with Crippen LogP contribution in [-0.2, 0) is 14.8 Å².